The Balaban J connectivity index is 2.60. The number of rotatable bonds is 7. The van der Waals surface area contributed by atoms with Crippen LogP contribution in [0, 0.1) is 0 Å². The molecule has 1 rings (SSSR count). The molecule has 0 fully saturated rings. The lowest BCUT2D eigenvalue weighted by atomic mass is 10.1. The fraction of sp³-hybridized carbons (Fsp3) is 0.429. The second-order valence-corrected chi connectivity index (χ2v) is 3.87. The van der Waals surface area contributed by atoms with Gasteiger partial charge in [-0.15, -0.1) is 0 Å². The monoisotopic (exact) mass is 234 g/mol. The lowest BCUT2D eigenvalue weighted by Crippen LogP contribution is -2.07. The molecule has 0 spiro atoms. The second kappa shape index (κ2) is 6.84. The van der Waals surface area contributed by atoms with E-state index in [-0.39, 0.29) is 18.0 Å². The molecule has 0 aliphatic carbocycles. The van der Waals surface area contributed by atoms with Gasteiger partial charge in [0.2, 0.25) is 0 Å². The summed E-state index contributed by atoms with van der Waals surface area (Å²) in [4.78, 5) is 22.8. The smallest absolute Gasteiger partial charge is 0.170 e. The predicted octanol–water partition coefficient (Wildman–Crippen LogP) is 3.03. The molecule has 0 aromatic heterocycles. The minimum Gasteiger partial charge on any atom is -0.494 e. The molecule has 0 bridgehead atoms. The first kappa shape index (κ1) is 13.4. The minimum absolute atomic E-state index is 0.00827. The third-order valence-corrected chi connectivity index (χ3v) is 2.40. The molecule has 3 heteroatoms. The van der Waals surface area contributed by atoms with Crippen molar-refractivity contribution in [3.63, 3.8) is 0 Å². The summed E-state index contributed by atoms with van der Waals surface area (Å²) >= 11 is 0. The van der Waals surface area contributed by atoms with Crippen LogP contribution in [0.25, 0.3) is 0 Å². The van der Waals surface area contributed by atoms with Crippen molar-refractivity contribution in [2.75, 3.05) is 6.61 Å². The van der Waals surface area contributed by atoms with Gasteiger partial charge in [-0.05, 0) is 30.7 Å². The fourth-order valence-corrected chi connectivity index (χ4v) is 1.36. The molecular weight excluding hydrogens is 216 g/mol. The normalized spacial score (nSPS) is 10.0. The van der Waals surface area contributed by atoms with Crippen LogP contribution in [0.1, 0.15) is 43.5 Å². The van der Waals surface area contributed by atoms with Gasteiger partial charge in [0.1, 0.15) is 11.5 Å². The third-order valence-electron chi connectivity index (χ3n) is 2.40. The predicted molar refractivity (Wildman–Crippen MR) is 66.5 cm³/mol. The standard InChI is InChI=1S/C14H18O3/c1-3-9-17-13-7-5-11(6-8-13)14(16)10-12(15)4-2/h5-8H,3-4,9-10H2,1-2H3. The number of carbonyl (C=O) groups excluding carboxylic acids is 2. The van der Waals surface area contributed by atoms with E-state index in [2.05, 4.69) is 0 Å². The average molecular weight is 234 g/mol. The molecule has 92 valence electrons. The van der Waals surface area contributed by atoms with Gasteiger partial charge in [0.05, 0.1) is 13.0 Å². The molecule has 0 aliphatic rings. The number of benzene rings is 1. The van der Waals surface area contributed by atoms with Crippen LogP contribution in [0.15, 0.2) is 24.3 Å². The Morgan fingerprint density at radius 2 is 1.76 bits per heavy atom. The van der Waals surface area contributed by atoms with Crippen LogP contribution in [-0.2, 0) is 4.79 Å². The molecule has 17 heavy (non-hydrogen) atoms. The topological polar surface area (TPSA) is 43.4 Å². The molecule has 0 heterocycles. The Labute approximate surface area is 102 Å². The first-order chi connectivity index (χ1) is 8.17. The van der Waals surface area contributed by atoms with Crippen molar-refractivity contribution in [1.82, 2.24) is 0 Å². The average Bonchev–Trinajstić information content (AvgIpc) is 2.36. The van der Waals surface area contributed by atoms with E-state index < -0.39 is 0 Å². The molecule has 0 atom stereocenters. The highest BCUT2D eigenvalue weighted by molar-refractivity contribution is 6.07. The van der Waals surface area contributed by atoms with Crippen LogP contribution in [-0.4, -0.2) is 18.2 Å². The van der Waals surface area contributed by atoms with Crippen LogP contribution in [0.5, 0.6) is 5.75 Å². The Morgan fingerprint density at radius 1 is 1.12 bits per heavy atom. The van der Waals surface area contributed by atoms with Gasteiger partial charge >= 0.3 is 0 Å². The highest BCUT2D eigenvalue weighted by atomic mass is 16.5. The van der Waals surface area contributed by atoms with Crippen molar-refractivity contribution in [3.05, 3.63) is 29.8 Å². The maximum absolute atomic E-state index is 11.7. The molecule has 0 amide bonds. The first-order valence-corrected chi connectivity index (χ1v) is 5.95. The van der Waals surface area contributed by atoms with E-state index in [9.17, 15) is 9.59 Å². The Kier molecular flexibility index (Phi) is 5.40. The third kappa shape index (κ3) is 4.39. The Bertz CT molecular complexity index is 379. The number of Topliss-reactive ketones (excluding diaryl/α,β-unsaturated/α-hetero) is 2. The van der Waals surface area contributed by atoms with Crippen LogP contribution in [0.2, 0.25) is 0 Å². The van der Waals surface area contributed by atoms with E-state index in [4.69, 9.17) is 4.74 Å². The van der Waals surface area contributed by atoms with Gasteiger partial charge in [-0.2, -0.15) is 0 Å². The van der Waals surface area contributed by atoms with Crippen molar-refractivity contribution in [2.24, 2.45) is 0 Å². The van der Waals surface area contributed by atoms with Crippen molar-refractivity contribution < 1.29 is 14.3 Å². The first-order valence-electron chi connectivity index (χ1n) is 5.95. The quantitative estimate of drug-likeness (QED) is 0.538. The van der Waals surface area contributed by atoms with Crippen molar-refractivity contribution >= 4 is 11.6 Å². The maximum atomic E-state index is 11.7. The van der Waals surface area contributed by atoms with E-state index in [0.29, 0.717) is 18.6 Å². The van der Waals surface area contributed by atoms with E-state index in [1.165, 1.54) is 0 Å². The van der Waals surface area contributed by atoms with Crippen LogP contribution in [0.4, 0.5) is 0 Å². The zero-order chi connectivity index (χ0) is 12.7. The van der Waals surface area contributed by atoms with Gasteiger partial charge in [-0.25, -0.2) is 0 Å². The number of hydrogen-bond acceptors (Lipinski definition) is 3. The molecule has 0 radical (unpaired) electrons. The van der Waals surface area contributed by atoms with Gasteiger partial charge in [-0.1, -0.05) is 13.8 Å². The van der Waals surface area contributed by atoms with Crippen LogP contribution >= 0.6 is 0 Å². The summed E-state index contributed by atoms with van der Waals surface area (Å²) in [5.41, 5.74) is 0.565. The van der Waals surface area contributed by atoms with Crippen molar-refractivity contribution in [3.8, 4) is 5.75 Å². The summed E-state index contributed by atoms with van der Waals surface area (Å²) in [6, 6.07) is 6.94. The van der Waals surface area contributed by atoms with E-state index >= 15 is 0 Å². The largest absolute Gasteiger partial charge is 0.494 e. The molecule has 1 aromatic rings. The lowest BCUT2D eigenvalue weighted by Gasteiger charge is -2.05. The SMILES string of the molecule is CCCOc1ccc(C(=O)CC(=O)CC)cc1. The van der Waals surface area contributed by atoms with Gasteiger partial charge in [-0.3, -0.25) is 9.59 Å². The van der Waals surface area contributed by atoms with Crippen molar-refractivity contribution in [1.29, 1.82) is 0 Å². The second-order valence-electron chi connectivity index (χ2n) is 3.87. The number of carbonyl (C=O) groups is 2. The minimum atomic E-state index is -0.126. The van der Waals surface area contributed by atoms with Crippen LogP contribution < -0.4 is 4.74 Å². The molecule has 1 aromatic carbocycles. The lowest BCUT2D eigenvalue weighted by molar-refractivity contribution is -0.117. The highest BCUT2D eigenvalue weighted by Crippen LogP contribution is 2.14. The summed E-state index contributed by atoms with van der Waals surface area (Å²) in [7, 11) is 0. The number of ketones is 2. The van der Waals surface area contributed by atoms with E-state index in [1.54, 1.807) is 31.2 Å². The van der Waals surface area contributed by atoms with E-state index in [1.807, 2.05) is 6.92 Å². The summed E-state index contributed by atoms with van der Waals surface area (Å²) < 4.78 is 5.41. The van der Waals surface area contributed by atoms with Gasteiger partial charge < -0.3 is 4.74 Å². The molecule has 3 nitrogen and oxygen atoms in total. The Hall–Kier alpha value is -1.64. The summed E-state index contributed by atoms with van der Waals surface area (Å²) in [6.07, 6.45) is 1.35. The Morgan fingerprint density at radius 3 is 2.29 bits per heavy atom. The van der Waals surface area contributed by atoms with Crippen LogP contribution in [0.3, 0.4) is 0 Å². The summed E-state index contributed by atoms with van der Waals surface area (Å²) in [5, 5.41) is 0. The summed E-state index contributed by atoms with van der Waals surface area (Å²) in [6.45, 7) is 4.47. The fourth-order valence-electron chi connectivity index (χ4n) is 1.36. The zero-order valence-corrected chi connectivity index (χ0v) is 10.4. The highest BCUT2D eigenvalue weighted by Gasteiger charge is 2.10. The zero-order valence-electron chi connectivity index (χ0n) is 10.4. The van der Waals surface area contributed by atoms with Gasteiger partial charge in [0.25, 0.3) is 0 Å². The summed E-state index contributed by atoms with van der Waals surface area (Å²) in [5.74, 6) is 0.602. The molecule has 0 saturated heterocycles. The molecule has 0 N–H and O–H groups in total. The van der Waals surface area contributed by atoms with Crippen molar-refractivity contribution in [2.45, 2.75) is 33.1 Å². The number of hydrogen-bond donors (Lipinski definition) is 0. The number of ether oxygens (including phenoxy) is 1. The molecular formula is C14H18O3. The van der Waals surface area contributed by atoms with Gasteiger partial charge in [0.15, 0.2) is 5.78 Å². The van der Waals surface area contributed by atoms with E-state index in [0.717, 1.165) is 12.2 Å². The molecule has 0 unspecified atom stereocenters. The molecule has 0 aliphatic heterocycles. The molecule has 0 saturated carbocycles. The van der Waals surface area contributed by atoms with Gasteiger partial charge in [0, 0.05) is 12.0 Å². The maximum Gasteiger partial charge on any atom is 0.170 e.